The average molecular weight is 1820 g/mol. The number of sulfonamides is 4. The van der Waals surface area contributed by atoms with Gasteiger partial charge < -0.3 is 41.1 Å². The van der Waals surface area contributed by atoms with Crippen LogP contribution in [0.4, 0.5) is 26.3 Å². The number of hydrogen-bond acceptors (Lipinski definition) is 22. The van der Waals surface area contributed by atoms with Crippen molar-refractivity contribution in [2.45, 2.75) is 129 Å². The van der Waals surface area contributed by atoms with Gasteiger partial charge in [0.15, 0.2) is 75.7 Å². The van der Waals surface area contributed by atoms with Crippen LogP contribution in [-0.2, 0) is 93.5 Å². The second-order valence-electron chi connectivity index (χ2n) is 24.3. The van der Waals surface area contributed by atoms with E-state index in [1.54, 1.807) is 39.0 Å². The van der Waals surface area contributed by atoms with E-state index in [0.29, 0.717) is 0 Å². The van der Waals surface area contributed by atoms with Crippen LogP contribution in [0.1, 0.15) is 103 Å². The molecule has 46 heteroatoms. The zero-order valence-electron chi connectivity index (χ0n) is 67.8. The number of hydrogen-bond donors (Lipinski definition) is 4. The van der Waals surface area contributed by atoms with Gasteiger partial charge in [-0.1, -0.05) is 45.7 Å². The van der Waals surface area contributed by atoms with Crippen molar-refractivity contribution in [3.05, 3.63) is 156 Å². The molecule has 6 N–H and O–H groups in total. The molecule has 648 valence electrons. The number of nitrogens with two attached hydrogens (primary N) is 2. The number of unbranched alkanes of at least 4 members (excludes halogenated alkanes) is 1. The van der Waals surface area contributed by atoms with Gasteiger partial charge in [0, 0.05) is 102 Å². The van der Waals surface area contributed by atoms with Gasteiger partial charge in [0.05, 0.1) is 104 Å². The van der Waals surface area contributed by atoms with Gasteiger partial charge in [-0.25, -0.2) is 98.8 Å². The maximum atomic E-state index is 14.5. The van der Waals surface area contributed by atoms with Crippen LogP contribution in [0.15, 0.2) is 122 Å². The summed E-state index contributed by atoms with van der Waals surface area (Å²) in [5.74, 6) is -4.26. The molecule has 114 heavy (non-hydrogen) atoms. The molecular weight excluding hydrogens is 1720 g/mol. The Bertz CT molecular complexity index is 4740. The summed E-state index contributed by atoms with van der Waals surface area (Å²) < 4.78 is 279. The normalized spacial score (nSPS) is 11.9. The standard InChI is InChI=1S/C14H23FN2O4S2.C10H15FN2O3S.C10H12FNO4S.C9H12FNO3S.C7H6ClFO3S.C7H7FO.C4H11NOS.C4H9.C3H8.ClHO3S.Li/c1-14(2,3)22(18)16-9-10-12(23(19,20)17(4)5)8-7-11(21-6)13(10)15;1-13(2)17(14,15)9-5-4-8(16-3)10(11)7(9)6-12;1-12(2)17(14,15)9-5-4-8(16-3)10(11)7(9)6-13;1-11(2)15(12,13)7-4-5-9(14-3)8(10)6-7;1-12-7-3-2-5(4-6(7)9)13(8,10)11;1-9-7-5-3-2-4-6(7)8;1-4(2,3)7(5)6;1-3-4-2;1-3-2;1-5(2,3)4;/h7-8,16H,9H2,1-6H3;4-5H,6,12H2,1-3H3;4-6H,1-3H3;4-6H,1-3H3;2-4H,1H3;2-5H,1H3;5H2,1-3H3;1,3-4H2,2H3;3H2,1-2H3;(H,2,3,4);/q;;;;;;;-1;;;+1. The van der Waals surface area contributed by atoms with Gasteiger partial charge in [0.2, 0.25) is 40.1 Å². The van der Waals surface area contributed by atoms with Crippen LogP contribution in [0.5, 0.6) is 34.5 Å². The first-order valence-electron chi connectivity index (χ1n) is 32.2. The summed E-state index contributed by atoms with van der Waals surface area (Å²) in [6.45, 7) is 20.3. The number of methoxy groups -OCH3 is 6. The topological polar surface area (TPSA) is 409 Å². The molecule has 0 radical (unpaired) electrons. The Morgan fingerprint density at radius 1 is 0.491 bits per heavy atom. The van der Waals surface area contributed by atoms with Crippen LogP contribution in [0, 0.1) is 41.8 Å². The molecule has 2 atom stereocenters. The number of ether oxygens (including phenoxy) is 6. The van der Waals surface area contributed by atoms with E-state index in [1.165, 1.54) is 173 Å². The van der Waals surface area contributed by atoms with Crippen molar-refractivity contribution in [1.82, 2.24) is 21.9 Å². The Balaban J connectivity index is -0.000000402. The van der Waals surface area contributed by atoms with Crippen LogP contribution < -0.4 is 62.9 Å². The number of halogens is 8. The number of benzene rings is 6. The quantitative estimate of drug-likeness (QED) is 0.0131. The molecule has 0 fully saturated rings. The summed E-state index contributed by atoms with van der Waals surface area (Å²) in [4.78, 5) is 9.73. The van der Waals surface area contributed by atoms with E-state index in [2.05, 4.69) is 62.0 Å². The van der Waals surface area contributed by atoms with E-state index in [4.69, 9.17) is 44.0 Å². The molecule has 0 aliphatic rings. The molecule has 0 spiro atoms. The molecule has 0 heterocycles. The van der Waals surface area contributed by atoms with E-state index < -0.39 is 120 Å². The molecule has 0 aliphatic heterocycles. The van der Waals surface area contributed by atoms with Gasteiger partial charge in [-0.2, -0.15) is 14.8 Å². The minimum atomic E-state index is -4.19. The SMILES string of the molecule is CC(C)(C)S(N)=O.CCC.COc1ccc(S(=O)(=O)Cl)cc1F.COc1ccc(S(=O)(=O)N(C)C)c(C=O)c1F.COc1ccc(S(=O)(=O)N(C)C)c(CN)c1F.COc1ccc(S(=O)(=O)N(C)C)c(CNS(=O)C(C)(C)C)c1F.COc1ccc(S(=O)(=O)N(C)C)cc1F.COc1ccccc1F.O=S(=O)(O)Cl.[CH2-]CCC.[Li+]. The average Bonchev–Trinajstić information content (AvgIpc) is 0.790. The fourth-order valence-corrected chi connectivity index (χ4v) is 12.4. The van der Waals surface area contributed by atoms with Crippen LogP contribution in [0.25, 0.3) is 0 Å². The molecule has 0 aromatic heterocycles. The first kappa shape index (κ1) is 117. The molecule has 0 saturated carbocycles. The van der Waals surface area contributed by atoms with Gasteiger partial charge in [-0.3, -0.25) is 14.5 Å². The third-order valence-electron chi connectivity index (χ3n) is 12.9. The van der Waals surface area contributed by atoms with Crippen LogP contribution in [-0.4, -0.2) is 196 Å². The molecule has 6 aromatic carbocycles. The Hall–Kier alpha value is -5.77. The van der Waals surface area contributed by atoms with Crippen molar-refractivity contribution in [3.63, 3.8) is 0 Å². The zero-order valence-corrected chi connectivity index (χ0v) is 75.9. The van der Waals surface area contributed by atoms with E-state index in [9.17, 15) is 81.6 Å². The van der Waals surface area contributed by atoms with Crippen molar-refractivity contribution >= 4 is 108 Å². The van der Waals surface area contributed by atoms with Crippen LogP contribution in [0.2, 0.25) is 0 Å². The van der Waals surface area contributed by atoms with Crippen molar-refractivity contribution < 1.29 is 142 Å². The summed E-state index contributed by atoms with van der Waals surface area (Å²) >= 11 is 0. The number of nitrogens with one attached hydrogen (secondary N) is 1. The fourth-order valence-electron chi connectivity index (χ4n) is 6.74. The summed E-state index contributed by atoms with van der Waals surface area (Å²) in [7, 11) is 2.05. The molecule has 0 aliphatic carbocycles. The summed E-state index contributed by atoms with van der Waals surface area (Å²) in [5.41, 5.74) is 4.69. The first-order chi connectivity index (χ1) is 51.6. The van der Waals surface area contributed by atoms with Crippen molar-refractivity contribution in [2.24, 2.45) is 10.9 Å². The molecule has 0 bridgehead atoms. The Morgan fingerprint density at radius 3 is 1.06 bits per heavy atom. The first-order valence-corrected chi connectivity index (χ1v) is 44.9. The van der Waals surface area contributed by atoms with Gasteiger partial charge >= 0.3 is 28.2 Å². The molecule has 0 amide bonds. The maximum absolute atomic E-state index is 14.5. The molecular formula is C68H104Cl2F6LiN7O22S8. The van der Waals surface area contributed by atoms with Crippen molar-refractivity contribution in [1.29, 1.82) is 0 Å². The number of carbonyl (C=O) groups excluding carboxylic acids is 1. The number of nitrogens with zero attached hydrogens (tertiary/aromatic N) is 4. The zero-order chi connectivity index (χ0) is 89.5. The maximum Gasteiger partial charge on any atom is 1.00 e. The molecule has 6 rings (SSSR count). The Labute approximate surface area is 695 Å². The minimum absolute atomic E-state index is 0. The van der Waals surface area contributed by atoms with Crippen LogP contribution in [0.3, 0.4) is 0 Å². The summed E-state index contributed by atoms with van der Waals surface area (Å²) in [5, 5.41) is 5.04. The second-order valence-corrected chi connectivity index (χ2v) is 41.3. The van der Waals surface area contributed by atoms with E-state index in [1.807, 2.05) is 20.8 Å². The predicted molar refractivity (Wildman–Crippen MR) is 428 cm³/mol. The smallest absolute Gasteiger partial charge is 0.494 e. The van der Waals surface area contributed by atoms with Gasteiger partial charge in [-0.15, -0.1) is 0 Å². The second kappa shape index (κ2) is 54.3. The van der Waals surface area contributed by atoms with Gasteiger partial charge in [0.1, 0.15) is 0 Å². The van der Waals surface area contributed by atoms with E-state index >= 15 is 0 Å². The van der Waals surface area contributed by atoms with Crippen LogP contribution >= 0.6 is 21.4 Å². The molecule has 29 nitrogen and oxygen atoms in total. The van der Waals surface area contributed by atoms with Crippen molar-refractivity contribution in [2.75, 3.05) is 99.0 Å². The number of carbonyl (C=O) groups is 1. The predicted octanol–water partition coefficient (Wildman–Crippen LogP) is 8.23. The molecule has 2 unspecified atom stereocenters. The van der Waals surface area contributed by atoms with E-state index in [-0.39, 0.29) is 119 Å². The summed E-state index contributed by atoms with van der Waals surface area (Å²) in [6, 6.07) is 20.4. The largest absolute Gasteiger partial charge is 1.00 e. The van der Waals surface area contributed by atoms with Gasteiger partial charge in [-0.05, 0) is 126 Å². The third kappa shape index (κ3) is 40.6. The van der Waals surface area contributed by atoms with Gasteiger partial charge in [0.25, 0.3) is 9.05 Å². The molecule has 6 aromatic rings. The minimum Gasteiger partial charge on any atom is -0.494 e. The Kier molecular flexibility index (Phi) is 55.7. The number of para-hydroxylation sites is 1. The third-order valence-corrected chi connectivity index (χ3v) is 24.5. The number of rotatable bonds is 21. The monoisotopic (exact) mass is 1820 g/mol. The van der Waals surface area contributed by atoms with Crippen molar-refractivity contribution in [3.8, 4) is 34.5 Å². The summed E-state index contributed by atoms with van der Waals surface area (Å²) in [6.07, 6.45) is 3.69. The fraction of sp³-hybridized carbons (Fsp3) is 0.441. The van der Waals surface area contributed by atoms with E-state index in [0.717, 1.165) is 41.8 Å². The number of aldehydes is 1. The Morgan fingerprint density at radius 2 is 0.781 bits per heavy atom. The molecule has 0 saturated heterocycles.